The van der Waals surface area contributed by atoms with Crippen LogP contribution in [0.3, 0.4) is 0 Å². The molecule has 0 bridgehead atoms. The van der Waals surface area contributed by atoms with Gasteiger partial charge in [-0.15, -0.1) is 0 Å². The van der Waals surface area contributed by atoms with Gasteiger partial charge in [-0.2, -0.15) is 0 Å². The number of fused-ring (bicyclic) bond motifs is 1. The van der Waals surface area contributed by atoms with Crippen molar-refractivity contribution < 1.29 is 9.59 Å². The number of hydrogen-bond acceptors (Lipinski definition) is 5. The van der Waals surface area contributed by atoms with Gasteiger partial charge in [-0.1, -0.05) is 0 Å². The molecule has 0 unspecified atom stereocenters. The zero-order valence-electron chi connectivity index (χ0n) is 15.8. The number of rotatable bonds is 6. The smallest absolute Gasteiger partial charge is 0.327 e. The molecule has 3 amide bonds. The van der Waals surface area contributed by atoms with Crippen LogP contribution in [-0.2, 0) is 4.79 Å². The monoisotopic (exact) mass is 371 g/mol. The number of imide groups is 1. The van der Waals surface area contributed by atoms with E-state index in [1.54, 1.807) is 4.90 Å². The van der Waals surface area contributed by atoms with Gasteiger partial charge in [0.2, 0.25) is 0 Å². The van der Waals surface area contributed by atoms with Crippen molar-refractivity contribution in [3.63, 3.8) is 0 Å². The summed E-state index contributed by atoms with van der Waals surface area (Å²) in [4.78, 5) is 32.7. The van der Waals surface area contributed by atoms with Crippen molar-refractivity contribution in [3.8, 4) is 0 Å². The van der Waals surface area contributed by atoms with E-state index >= 15 is 0 Å². The zero-order valence-corrected chi connectivity index (χ0v) is 15.8. The van der Waals surface area contributed by atoms with Crippen LogP contribution in [0.2, 0.25) is 0 Å². The second-order valence-electron chi connectivity index (χ2n) is 7.75. The van der Waals surface area contributed by atoms with Gasteiger partial charge >= 0.3 is 6.03 Å². The molecule has 3 heterocycles. The Balaban J connectivity index is 1.16. The lowest BCUT2D eigenvalue weighted by Crippen LogP contribution is -2.46. The summed E-state index contributed by atoms with van der Waals surface area (Å²) in [6, 6.07) is 7.83. The van der Waals surface area contributed by atoms with Crippen LogP contribution in [-0.4, -0.2) is 78.5 Å². The molecule has 0 radical (unpaired) electrons. The average Bonchev–Trinajstić information content (AvgIpc) is 3.25. The largest absolute Gasteiger partial charge is 0.399 e. The summed E-state index contributed by atoms with van der Waals surface area (Å²) in [5.74, 6) is 0.0228. The Labute approximate surface area is 160 Å². The average molecular weight is 371 g/mol. The molecule has 2 N–H and O–H groups in total. The summed E-state index contributed by atoms with van der Waals surface area (Å²) in [6.45, 7) is 6.45. The number of nitrogens with zero attached hydrogens (tertiary/aromatic N) is 4. The fourth-order valence-electron chi connectivity index (χ4n) is 4.41. The summed E-state index contributed by atoms with van der Waals surface area (Å²) in [5.41, 5.74) is 7.79. The molecule has 3 aliphatic heterocycles. The first-order chi connectivity index (χ1) is 13.1. The van der Waals surface area contributed by atoms with E-state index in [-0.39, 0.29) is 18.0 Å². The molecular formula is C20H29N5O2. The predicted molar refractivity (Wildman–Crippen MR) is 106 cm³/mol. The second kappa shape index (κ2) is 7.76. The second-order valence-corrected chi connectivity index (χ2v) is 7.75. The highest BCUT2D eigenvalue weighted by atomic mass is 16.2. The van der Waals surface area contributed by atoms with E-state index in [4.69, 9.17) is 5.73 Å². The predicted octanol–water partition coefficient (Wildman–Crippen LogP) is 1.60. The minimum Gasteiger partial charge on any atom is -0.399 e. The molecule has 1 aromatic rings. The first-order valence-corrected chi connectivity index (χ1v) is 10.1. The molecule has 146 valence electrons. The summed E-state index contributed by atoms with van der Waals surface area (Å²) in [6.07, 6.45) is 3.69. The third-order valence-electron chi connectivity index (χ3n) is 6.02. The van der Waals surface area contributed by atoms with Crippen molar-refractivity contribution in [2.75, 3.05) is 56.4 Å². The molecule has 1 aromatic carbocycles. The first-order valence-electron chi connectivity index (χ1n) is 10.1. The molecular weight excluding hydrogens is 342 g/mol. The molecule has 4 rings (SSSR count). The third kappa shape index (κ3) is 3.74. The number of nitrogen functional groups attached to an aromatic ring is 1. The first kappa shape index (κ1) is 18.1. The molecule has 7 nitrogen and oxygen atoms in total. The van der Waals surface area contributed by atoms with Gasteiger partial charge in [-0.3, -0.25) is 14.6 Å². The van der Waals surface area contributed by atoms with Crippen LogP contribution in [0, 0.1) is 0 Å². The maximum atomic E-state index is 12.3. The van der Waals surface area contributed by atoms with Crippen LogP contribution in [0.1, 0.15) is 25.7 Å². The van der Waals surface area contributed by atoms with Gasteiger partial charge in [0.05, 0.1) is 0 Å². The molecule has 0 spiro atoms. The van der Waals surface area contributed by atoms with Crippen molar-refractivity contribution in [2.24, 2.45) is 0 Å². The van der Waals surface area contributed by atoms with Crippen molar-refractivity contribution in [1.82, 2.24) is 14.7 Å². The normalized spacial score (nSPS) is 23.4. The standard InChI is InChI=1S/C20H29N5O2/c21-16-5-7-17(8-6-16)23-14-12-22(13-15-23)9-1-2-10-25-19(26)18-4-3-11-24(18)20(25)27/h5-8,18H,1-4,9-15,21H2/t18-/m1/s1. The van der Waals surface area contributed by atoms with Gasteiger partial charge in [-0.25, -0.2) is 4.79 Å². The molecule has 0 aromatic heterocycles. The maximum Gasteiger partial charge on any atom is 0.327 e. The molecule has 7 heteroatoms. The van der Waals surface area contributed by atoms with E-state index in [1.165, 1.54) is 10.6 Å². The summed E-state index contributed by atoms with van der Waals surface area (Å²) < 4.78 is 0. The van der Waals surface area contributed by atoms with Crippen LogP contribution in [0.4, 0.5) is 16.2 Å². The molecule has 3 fully saturated rings. The number of benzene rings is 1. The Morgan fingerprint density at radius 1 is 0.926 bits per heavy atom. The van der Waals surface area contributed by atoms with E-state index in [0.717, 1.165) is 70.6 Å². The van der Waals surface area contributed by atoms with Crippen molar-refractivity contribution in [2.45, 2.75) is 31.7 Å². The quantitative estimate of drug-likeness (QED) is 0.467. The van der Waals surface area contributed by atoms with Crippen LogP contribution >= 0.6 is 0 Å². The number of amides is 3. The van der Waals surface area contributed by atoms with Gasteiger partial charge in [0, 0.05) is 50.6 Å². The Morgan fingerprint density at radius 2 is 1.63 bits per heavy atom. The molecule has 1 atom stereocenters. The summed E-state index contributed by atoms with van der Waals surface area (Å²) >= 11 is 0. The van der Waals surface area contributed by atoms with Gasteiger partial charge in [0.25, 0.3) is 5.91 Å². The molecule has 0 saturated carbocycles. The van der Waals surface area contributed by atoms with Crippen molar-refractivity contribution >= 4 is 23.3 Å². The number of nitrogens with two attached hydrogens (primary N) is 1. The zero-order chi connectivity index (χ0) is 18.8. The maximum absolute atomic E-state index is 12.3. The van der Waals surface area contributed by atoms with E-state index in [0.29, 0.717) is 6.54 Å². The highest BCUT2D eigenvalue weighted by Gasteiger charge is 2.46. The Kier molecular flexibility index (Phi) is 5.20. The SMILES string of the molecule is Nc1ccc(N2CCN(CCCCN3C(=O)[C@H]4CCCN4C3=O)CC2)cc1. The van der Waals surface area contributed by atoms with Gasteiger partial charge in [-0.05, 0) is 56.5 Å². The number of carbonyl (C=O) groups is 2. The van der Waals surface area contributed by atoms with Gasteiger partial charge < -0.3 is 15.5 Å². The Hall–Kier alpha value is -2.28. The highest BCUT2D eigenvalue weighted by molar-refractivity contribution is 6.04. The van der Waals surface area contributed by atoms with Gasteiger partial charge in [0.15, 0.2) is 0 Å². The number of anilines is 2. The van der Waals surface area contributed by atoms with Crippen LogP contribution < -0.4 is 10.6 Å². The topological polar surface area (TPSA) is 73.1 Å². The fourth-order valence-corrected chi connectivity index (χ4v) is 4.41. The van der Waals surface area contributed by atoms with E-state index in [2.05, 4.69) is 21.9 Å². The fraction of sp³-hybridized carbons (Fsp3) is 0.600. The van der Waals surface area contributed by atoms with Crippen LogP contribution in [0.15, 0.2) is 24.3 Å². The number of carbonyl (C=O) groups excluding carboxylic acids is 2. The highest BCUT2D eigenvalue weighted by Crippen LogP contribution is 2.27. The Morgan fingerprint density at radius 3 is 2.33 bits per heavy atom. The third-order valence-corrected chi connectivity index (χ3v) is 6.02. The Bertz CT molecular complexity index is 662. The van der Waals surface area contributed by atoms with E-state index in [1.807, 2.05) is 12.1 Å². The lowest BCUT2D eigenvalue weighted by molar-refractivity contribution is -0.128. The van der Waals surface area contributed by atoms with Crippen LogP contribution in [0.25, 0.3) is 0 Å². The lowest BCUT2D eigenvalue weighted by Gasteiger charge is -2.36. The number of hydrogen-bond donors (Lipinski definition) is 1. The number of unbranched alkanes of at least 4 members (excludes halogenated alkanes) is 1. The van der Waals surface area contributed by atoms with Crippen LogP contribution in [0.5, 0.6) is 0 Å². The molecule has 3 saturated heterocycles. The molecule has 27 heavy (non-hydrogen) atoms. The summed E-state index contributed by atoms with van der Waals surface area (Å²) in [7, 11) is 0. The van der Waals surface area contributed by atoms with Crippen molar-refractivity contribution in [1.29, 1.82) is 0 Å². The number of piperazine rings is 1. The summed E-state index contributed by atoms with van der Waals surface area (Å²) in [5, 5.41) is 0. The minimum absolute atomic E-state index is 0.0228. The van der Waals surface area contributed by atoms with Crippen molar-refractivity contribution in [3.05, 3.63) is 24.3 Å². The molecule has 0 aliphatic carbocycles. The van der Waals surface area contributed by atoms with E-state index < -0.39 is 0 Å². The number of urea groups is 1. The van der Waals surface area contributed by atoms with E-state index in [9.17, 15) is 9.59 Å². The molecule has 3 aliphatic rings. The lowest BCUT2D eigenvalue weighted by atomic mass is 10.2. The van der Waals surface area contributed by atoms with Gasteiger partial charge in [0.1, 0.15) is 6.04 Å². The minimum atomic E-state index is -0.168.